The number of aliphatic carboxylic acids is 1. The lowest BCUT2D eigenvalue weighted by atomic mass is 10.0. The maximum absolute atomic E-state index is 13.2. The van der Waals surface area contributed by atoms with Crippen molar-refractivity contribution in [1.29, 1.82) is 0 Å². The average Bonchev–Trinajstić information content (AvgIpc) is 3.78. The van der Waals surface area contributed by atoms with Crippen LogP contribution in [0.1, 0.15) is 55.6 Å². The van der Waals surface area contributed by atoms with Gasteiger partial charge >= 0.3 is 29.4 Å². The Bertz CT molecular complexity index is 2740. The summed E-state index contributed by atoms with van der Waals surface area (Å²) in [6, 6.07) is 10.8. The minimum Gasteiger partial charge on any atom is -0.481 e. The van der Waals surface area contributed by atoms with Crippen LogP contribution in [0, 0.1) is 11.8 Å². The number of aromatic nitrogens is 1. The Morgan fingerprint density at radius 3 is 2.42 bits per heavy atom. The molecule has 0 spiro atoms. The van der Waals surface area contributed by atoms with Gasteiger partial charge < -0.3 is 60.1 Å². The number of nitrogens with two attached hydrogens (primary N) is 1. The zero-order valence-electron chi connectivity index (χ0n) is 32.3. The van der Waals surface area contributed by atoms with E-state index in [9.17, 15) is 52.6 Å². The number of pyridine rings is 1. The van der Waals surface area contributed by atoms with Crippen molar-refractivity contribution in [3.8, 4) is 11.8 Å². The number of H-pyrrole nitrogens is 1. The molecule has 0 radical (unpaired) electrons. The van der Waals surface area contributed by atoms with Gasteiger partial charge in [-0.1, -0.05) is 24.0 Å². The van der Waals surface area contributed by atoms with Gasteiger partial charge in [0.2, 0.25) is 17.2 Å². The fraction of sp³-hybridized carbons (Fsp3) is 0.361. The van der Waals surface area contributed by atoms with Gasteiger partial charge in [-0.05, 0) is 49.9 Å². The average molecular weight is 924 g/mol. The summed E-state index contributed by atoms with van der Waals surface area (Å²) in [5.74, 6) is 3.54. The molecule has 2 amide bonds. The summed E-state index contributed by atoms with van der Waals surface area (Å²) in [5, 5.41) is 15.1. The molecule has 62 heavy (non-hydrogen) atoms. The number of carboxylic acids is 1. The Labute approximate surface area is 350 Å². The molecule has 23 nitrogen and oxygen atoms in total. The lowest BCUT2D eigenvalue weighted by Crippen LogP contribution is -2.35. The standard InChI is InChI=1S/C36H40N5O18P3/c37-28-17-26-33(36(47)40-28)21(18-41(26)31-13-11-23(56-31)19-55-61(51,52)59-62(53,54)58-60(48,49)50)6-4-14-38-29(42)8-1-2-9-30(43)39-22-10-12-27-25(16-22)34(46)24-7-3-5-20(15-32(44)45)35(24)57-27/h3,5,7,10,12,16-17,21,23,31H,1-2,8-9,11,13-15,18-19H2,(H,38,42)(H,39,43)(H,44,45)(H,51,52)(H,53,54)(H3,37,40,47)(H2,48,49,50). The highest BCUT2D eigenvalue weighted by molar-refractivity contribution is 7.66. The zero-order chi connectivity index (χ0) is 45.0. The number of anilines is 3. The quantitative estimate of drug-likeness (QED) is 0.0318. The number of phosphoric ester groups is 1. The molecule has 2 aromatic carbocycles. The molecule has 0 bridgehead atoms. The van der Waals surface area contributed by atoms with Crippen molar-refractivity contribution in [2.75, 3.05) is 35.6 Å². The van der Waals surface area contributed by atoms with Gasteiger partial charge in [0.25, 0.3) is 5.56 Å². The molecule has 332 valence electrons. The molecular formula is C36H40N5O18P3. The highest BCUT2D eigenvalue weighted by atomic mass is 31.3. The van der Waals surface area contributed by atoms with Crippen molar-refractivity contribution in [2.24, 2.45) is 0 Å². The lowest BCUT2D eigenvalue weighted by molar-refractivity contribution is -0.136. The molecule has 26 heteroatoms. The molecule has 10 N–H and O–H groups in total. The lowest BCUT2D eigenvalue weighted by Gasteiger charge is -2.27. The summed E-state index contributed by atoms with van der Waals surface area (Å²) in [6.45, 7) is -0.523. The number of rotatable bonds is 17. The molecular weight excluding hydrogens is 883 g/mol. The smallest absolute Gasteiger partial charge is 0.481 e. The van der Waals surface area contributed by atoms with Gasteiger partial charge in [-0.15, -0.1) is 0 Å². The number of unbranched alkanes of at least 4 members (excludes halogenated alkanes) is 1. The number of nitrogens with one attached hydrogen (secondary N) is 3. The number of para-hydroxylation sites is 1. The van der Waals surface area contributed by atoms with Crippen molar-refractivity contribution in [3.63, 3.8) is 0 Å². The Kier molecular flexibility index (Phi) is 14.2. The number of nitrogen functional groups attached to an aromatic ring is 1. The van der Waals surface area contributed by atoms with E-state index in [1.807, 2.05) is 0 Å². The van der Waals surface area contributed by atoms with Crippen LogP contribution in [-0.2, 0) is 52.4 Å². The highest BCUT2D eigenvalue weighted by Gasteiger charge is 2.43. The summed E-state index contributed by atoms with van der Waals surface area (Å²) < 4.78 is 58.6. The third-order valence-corrected chi connectivity index (χ3v) is 13.3. The summed E-state index contributed by atoms with van der Waals surface area (Å²) >= 11 is 0. The van der Waals surface area contributed by atoms with Crippen LogP contribution in [0.5, 0.6) is 0 Å². The van der Waals surface area contributed by atoms with Crippen molar-refractivity contribution in [3.05, 3.63) is 74.2 Å². The second-order valence-corrected chi connectivity index (χ2v) is 18.5. The number of phosphoric acid groups is 3. The van der Waals surface area contributed by atoms with Crippen LogP contribution in [0.2, 0.25) is 0 Å². The van der Waals surface area contributed by atoms with Gasteiger partial charge in [0.05, 0.1) is 53.6 Å². The van der Waals surface area contributed by atoms with Crippen LogP contribution in [0.4, 0.5) is 17.2 Å². The van der Waals surface area contributed by atoms with Gasteiger partial charge in [-0.3, -0.25) is 28.5 Å². The number of carboxylic acid groups (broad SMARTS) is 1. The van der Waals surface area contributed by atoms with Gasteiger partial charge in [-0.2, -0.15) is 8.62 Å². The van der Waals surface area contributed by atoms with Gasteiger partial charge in [0, 0.05) is 36.7 Å². The van der Waals surface area contributed by atoms with Crippen molar-refractivity contribution in [1.82, 2.24) is 10.3 Å². The minimum absolute atomic E-state index is 0.0489. The van der Waals surface area contributed by atoms with Crippen LogP contribution >= 0.6 is 23.5 Å². The molecule has 2 aromatic heterocycles. The molecule has 0 saturated carbocycles. The Morgan fingerprint density at radius 1 is 0.952 bits per heavy atom. The van der Waals surface area contributed by atoms with E-state index in [0.29, 0.717) is 41.8 Å². The Morgan fingerprint density at radius 2 is 1.69 bits per heavy atom. The zero-order valence-corrected chi connectivity index (χ0v) is 34.9. The summed E-state index contributed by atoms with van der Waals surface area (Å²) in [4.78, 5) is 103. The predicted octanol–water partition coefficient (Wildman–Crippen LogP) is 2.91. The molecule has 0 aliphatic carbocycles. The number of nitrogens with zero attached hydrogens (tertiary/aromatic N) is 1. The maximum atomic E-state index is 13.2. The monoisotopic (exact) mass is 923 g/mol. The summed E-state index contributed by atoms with van der Waals surface area (Å²) in [5.41, 5.74) is 6.90. The number of carbonyl (C=O) groups is 3. The molecule has 4 heterocycles. The third kappa shape index (κ3) is 12.0. The van der Waals surface area contributed by atoms with Crippen LogP contribution in [-0.4, -0.2) is 79.5 Å². The number of benzene rings is 2. The predicted molar refractivity (Wildman–Crippen MR) is 218 cm³/mol. The Balaban J connectivity index is 0.955. The van der Waals surface area contributed by atoms with Gasteiger partial charge in [0.15, 0.2) is 0 Å². The van der Waals surface area contributed by atoms with Crippen LogP contribution in [0.3, 0.4) is 0 Å². The van der Waals surface area contributed by atoms with Gasteiger partial charge in [0.1, 0.15) is 23.2 Å². The van der Waals surface area contributed by atoms with Gasteiger partial charge in [-0.25, -0.2) is 13.7 Å². The number of fused-ring (bicyclic) bond motifs is 3. The van der Waals surface area contributed by atoms with E-state index in [1.165, 1.54) is 18.2 Å². The van der Waals surface area contributed by atoms with E-state index in [4.69, 9.17) is 29.2 Å². The topological polar surface area (TPSA) is 357 Å². The van der Waals surface area contributed by atoms with E-state index in [-0.39, 0.29) is 83.8 Å². The SMILES string of the molecule is Nc1cc2c(c(=O)[nH]1)C(C#CCNC(=O)CCCCC(=O)Nc1ccc3oc4c(CC(=O)O)cccc4c(=O)c3c1)CN2C1CCC(COP(=O)(O)OP(=O)(O)OP(=O)(O)O)O1. The van der Waals surface area contributed by atoms with E-state index < -0.39 is 59.9 Å². The fourth-order valence-corrected chi connectivity index (χ4v) is 10.0. The molecule has 2 aliphatic rings. The molecule has 2 aliphatic heterocycles. The first-order chi connectivity index (χ1) is 29.2. The summed E-state index contributed by atoms with van der Waals surface area (Å²) in [7, 11) is -16.6. The second kappa shape index (κ2) is 19.0. The molecule has 1 saturated heterocycles. The molecule has 1 fully saturated rings. The normalized spacial score (nSPS) is 19.3. The first kappa shape index (κ1) is 46.3. The third-order valence-electron chi connectivity index (χ3n) is 9.49. The van der Waals surface area contributed by atoms with Crippen molar-refractivity contribution in [2.45, 2.75) is 63.2 Å². The summed E-state index contributed by atoms with van der Waals surface area (Å²) in [6.07, 6.45) is -0.351. The van der Waals surface area contributed by atoms with Crippen molar-refractivity contribution >= 4 is 80.4 Å². The van der Waals surface area contributed by atoms with E-state index in [1.54, 1.807) is 29.2 Å². The number of hydrogen-bond acceptors (Lipinski definition) is 15. The van der Waals surface area contributed by atoms with E-state index in [0.717, 1.165) is 0 Å². The number of amides is 2. The molecule has 4 aromatic rings. The first-order valence-electron chi connectivity index (χ1n) is 18.7. The molecule has 5 atom stereocenters. The molecule has 5 unspecified atom stereocenters. The fourth-order valence-electron chi connectivity index (χ4n) is 6.96. The number of carbonyl (C=O) groups excluding carboxylic acids is 2. The highest BCUT2D eigenvalue weighted by Crippen LogP contribution is 2.66. The van der Waals surface area contributed by atoms with E-state index >= 15 is 0 Å². The van der Waals surface area contributed by atoms with Crippen LogP contribution < -0.4 is 32.3 Å². The van der Waals surface area contributed by atoms with Crippen molar-refractivity contribution < 1.29 is 75.1 Å². The minimum atomic E-state index is -5.69. The number of hydrogen-bond donors (Lipinski definition) is 9. The largest absolute Gasteiger partial charge is 0.490 e. The van der Waals surface area contributed by atoms with Crippen LogP contribution in [0.15, 0.2) is 56.5 Å². The second-order valence-electron chi connectivity index (χ2n) is 14.1. The molecule has 6 rings (SSSR count). The van der Waals surface area contributed by atoms with E-state index in [2.05, 4.69) is 36.1 Å². The maximum Gasteiger partial charge on any atom is 0.490 e. The number of aromatic amines is 1. The Hall–Kier alpha value is -5.20. The number of ether oxygens (including phenoxy) is 1. The first-order valence-corrected chi connectivity index (χ1v) is 23.2. The van der Waals surface area contributed by atoms with Crippen LogP contribution in [0.25, 0.3) is 21.9 Å².